The fraction of sp³-hybridized carbons (Fsp3) is 0.304. The van der Waals surface area contributed by atoms with Gasteiger partial charge in [0, 0.05) is 42.4 Å². The number of amides is 3. The first-order chi connectivity index (χ1) is 28.6. The monoisotopic (exact) mass is 852 g/mol. The van der Waals surface area contributed by atoms with Crippen LogP contribution >= 0.6 is 23.2 Å². The summed E-state index contributed by atoms with van der Waals surface area (Å²) in [4.78, 5) is 46.1. The molecule has 2 aliphatic rings. The van der Waals surface area contributed by atoms with Crippen molar-refractivity contribution in [3.05, 3.63) is 140 Å². The van der Waals surface area contributed by atoms with Crippen LogP contribution in [0.1, 0.15) is 65.9 Å². The molecule has 2 aliphatic heterocycles. The number of nitrogens with zero attached hydrogens (tertiary/aromatic N) is 2. The molecule has 3 N–H and O–H groups in total. The van der Waals surface area contributed by atoms with Gasteiger partial charge in [-0.1, -0.05) is 53.5 Å². The number of ether oxygens (including phenoxy) is 4. The Morgan fingerprint density at radius 1 is 0.900 bits per heavy atom. The number of aromatic nitrogens is 1. The molecule has 3 atom stereocenters. The number of halogens is 2. The maximum absolute atomic E-state index is 14.1. The molecule has 4 aromatic carbocycles. The summed E-state index contributed by atoms with van der Waals surface area (Å²) in [5, 5.41) is 16.9. The van der Waals surface area contributed by atoms with Crippen LogP contribution in [0, 0.1) is 13.8 Å². The number of urea groups is 1. The second kappa shape index (κ2) is 17.7. The number of pyridine rings is 1. The summed E-state index contributed by atoms with van der Waals surface area (Å²) < 4.78 is 24.6. The summed E-state index contributed by atoms with van der Waals surface area (Å²) in [6, 6.07) is 22.7. The van der Waals surface area contributed by atoms with Crippen LogP contribution < -0.4 is 29.6 Å². The van der Waals surface area contributed by atoms with Gasteiger partial charge >= 0.3 is 12.0 Å². The molecule has 0 saturated heterocycles. The Balaban J connectivity index is 1.04. The Hall–Kier alpha value is -5.98. The van der Waals surface area contributed by atoms with E-state index in [1.54, 1.807) is 48.7 Å². The highest BCUT2D eigenvalue weighted by molar-refractivity contribution is 6.42. The molecule has 60 heavy (non-hydrogen) atoms. The van der Waals surface area contributed by atoms with Crippen LogP contribution in [-0.2, 0) is 35.6 Å². The molecular formula is C46H46Cl2N4O8. The van der Waals surface area contributed by atoms with Crippen molar-refractivity contribution >= 4 is 41.1 Å². The number of carboxylic acids is 1. The van der Waals surface area contributed by atoms with E-state index in [9.17, 15) is 19.5 Å². The number of fused-ring (bicyclic) bond motifs is 2. The lowest BCUT2D eigenvalue weighted by Gasteiger charge is -2.39. The zero-order chi connectivity index (χ0) is 42.7. The molecule has 0 aliphatic carbocycles. The highest BCUT2D eigenvalue weighted by atomic mass is 35.5. The molecule has 3 amide bonds. The van der Waals surface area contributed by atoms with E-state index < -0.39 is 41.6 Å². The van der Waals surface area contributed by atoms with Gasteiger partial charge in [-0.15, -0.1) is 0 Å². The third kappa shape index (κ3) is 10.1. The Morgan fingerprint density at radius 3 is 2.30 bits per heavy atom. The van der Waals surface area contributed by atoms with Crippen molar-refractivity contribution in [2.45, 2.75) is 84.3 Å². The summed E-state index contributed by atoms with van der Waals surface area (Å²) in [6.45, 7) is 10.0. The van der Waals surface area contributed by atoms with Crippen LogP contribution in [0.25, 0.3) is 0 Å². The molecule has 0 radical (unpaired) electrons. The van der Waals surface area contributed by atoms with E-state index in [2.05, 4.69) is 15.6 Å². The molecule has 1 unspecified atom stereocenters. The normalized spacial score (nSPS) is 16.3. The van der Waals surface area contributed by atoms with E-state index in [0.717, 1.165) is 33.5 Å². The Kier molecular flexibility index (Phi) is 12.4. The van der Waals surface area contributed by atoms with Gasteiger partial charge in [-0.2, -0.15) is 0 Å². The zero-order valence-electron chi connectivity index (χ0n) is 33.9. The minimum Gasteiger partial charge on any atom is -0.489 e. The predicted molar refractivity (Wildman–Crippen MR) is 227 cm³/mol. The quantitative estimate of drug-likeness (QED) is 0.118. The topological polar surface area (TPSA) is 149 Å². The molecule has 0 bridgehead atoms. The number of aliphatic carboxylic acids is 1. The van der Waals surface area contributed by atoms with E-state index in [4.69, 9.17) is 42.1 Å². The first kappa shape index (κ1) is 42.2. The van der Waals surface area contributed by atoms with Gasteiger partial charge in [-0.25, -0.2) is 9.59 Å². The number of rotatable bonds is 11. The van der Waals surface area contributed by atoms with Crippen molar-refractivity contribution in [1.29, 1.82) is 0 Å². The van der Waals surface area contributed by atoms with Gasteiger partial charge in [-0.3, -0.25) is 9.78 Å². The third-order valence-corrected chi connectivity index (χ3v) is 11.1. The molecule has 0 spiro atoms. The lowest BCUT2D eigenvalue weighted by Crippen LogP contribution is -2.59. The molecule has 5 aromatic rings. The molecule has 3 heterocycles. The SMILES string of the molecule is Cc1nccc(Oc2ccc(CC(NC(=O)[C@@H]3Cc4cc5c(cc4CN3C(=O)NC(C)(C)C)O[C@@H](c3ccc(OCc4ccc(Cl)c(Cl)c4)cc3)CO5)C(=O)O)cc2)c1C. The van der Waals surface area contributed by atoms with Crippen LogP contribution in [0.5, 0.6) is 28.7 Å². The largest absolute Gasteiger partial charge is 0.489 e. The Labute approximate surface area is 358 Å². The van der Waals surface area contributed by atoms with Gasteiger partial charge in [0.05, 0.1) is 10.0 Å². The number of benzene rings is 4. The summed E-state index contributed by atoms with van der Waals surface area (Å²) >= 11 is 12.2. The second-order valence-corrected chi connectivity index (χ2v) is 16.8. The smallest absolute Gasteiger partial charge is 0.326 e. The highest BCUT2D eigenvalue weighted by Gasteiger charge is 2.39. The molecule has 1 aromatic heterocycles. The van der Waals surface area contributed by atoms with Crippen molar-refractivity contribution in [3.8, 4) is 28.7 Å². The fourth-order valence-electron chi connectivity index (χ4n) is 6.98. The molecule has 14 heteroatoms. The zero-order valence-corrected chi connectivity index (χ0v) is 35.4. The molecular weight excluding hydrogens is 807 g/mol. The van der Waals surface area contributed by atoms with Gasteiger partial charge in [-0.05, 0) is 117 Å². The number of hydrogen-bond acceptors (Lipinski definition) is 8. The fourth-order valence-corrected chi connectivity index (χ4v) is 7.30. The van der Waals surface area contributed by atoms with Crippen molar-refractivity contribution < 1.29 is 38.4 Å². The van der Waals surface area contributed by atoms with Gasteiger partial charge in [0.15, 0.2) is 17.6 Å². The van der Waals surface area contributed by atoms with Crippen LogP contribution in [-0.4, -0.2) is 57.1 Å². The summed E-state index contributed by atoms with van der Waals surface area (Å²) in [5.74, 6) is 1.17. The number of carbonyl (C=O) groups is 3. The van der Waals surface area contributed by atoms with Crippen LogP contribution in [0.4, 0.5) is 4.79 Å². The van der Waals surface area contributed by atoms with Crippen molar-refractivity contribution in [2.75, 3.05) is 6.61 Å². The Morgan fingerprint density at radius 2 is 1.60 bits per heavy atom. The van der Waals surface area contributed by atoms with Gasteiger partial charge < -0.3 is 39.6 Å². The minimum absolute atomic E-state index is 0.0145. The maximum atomic E-state index is 14.1. The standard InChI is InChI=1S/C46H46Cl2N4O8/c1-26-27(2)49-17-16-39(26)59-34-11-6-28(7-12-34)19-37(44(54)55)50-43(53)38-20-31-21-40-41(22-32(31)23-52(38)45(56)51-46(3,4)5)60-42(25-58-40)30-9-13-33(14-10-30)57-24-29-8-15-35(47)36(48)18-29/h6-18,21-22,37-38,42H,19-20,23-25H2,1-5H3,(H,50,53)(H,51,56)(H,54,55)/t37?,38-,42+/m0/s1. The first-order valence-corrected chi connectivity index (χ1v) is 20.3. The average molecular weight is 854 g/mol. The van der Waals surface area contributed by atoms with Crippen LogP contribution in [0.15, 0.2) is 91.1 Å². The average Bonchev–Trinajstić information content (AvgIpc) is 3.21. The molecule has 0 saturated carbocycles. The highest BCUT2D eigenvalue weighted by Crippen LogP contribution is 2.41. The van der Waals surface area contributed by atoms with Gasteiger partial charge in [0.1, 0.15) is 42.5 Å². The van der Waals surface area contributed by atoms with Crippen LogP contribution in [0.2, 0.25) is 10.0 Å². The number of aryl methyl sites for hydroxylation is 1. The second-order valence-electron chi connectivity index (χ2n) is 16.0. The number of carboxylic acid groups (broad SMARTS) is 1. The minimum atomic E-state index is -1.26. The molecule has 7 rings (SSSR count). The van der Waals surface area contributed by atoms with E-state index in [0.29, 0.717) is 51.0 Å². The molecule has 12 nitrogen and oxygen atoms in total. The lowest BCUT2D eigenvalue weighted by molar-refractivity contribution is -0.142. The van der Waals surface area contributed by atoms with Gasteiger partial charge in [0.2, 0.25) is 5.91 Å². The summed E-state index contributed by atoms with van der Waals surface area (Å²) in [5.41, 5.74) is 5.21. The van der Waals surface area contributed by atoms with Crippen LogP contribution in [0.3, 0.4) is 0 Å². The van der Waals surface area contributed by atoms with E-state index >= 15 is 0 Å². The van der Waals surface area contributed by atoms with Gasteiger partial charge in [0.25, 0.3) is 0 Å². The third-order valence-electron chi connectivity index (χ3n) is 10.4. The summed E-state index contributed by atoms with van der Waals surface area (Å²) in [7, 11) is 0. The van der Waals surface area contributed by atoms with E-state index in [1.165, 1.54) is 4.90 Å². The molecule has 312 valence electrons. The number of nitrogens with one attached hydrogen (secondary N) is 2. The van der Waals surface area contributed by atoms with E-state index in [1.807, 2.05) is 77.1 Å². The number of hydrogen-bond donors (Lipinski definition) is 3. The van der Waals surface area contributed by atoms with Crippen molar-refractivity contribution in [2.24, 2.45) is 0 Å². The maximum Gasteiger partial charge on any atom is 0.326 e. The number of carbonyl (C=O) groups excluding carboxylic acids is 2. The summed E-state index contributed by atoms with van der Waals surface area (Å²) in [6.07, 6.45) is 1.42. The lowest BCUT2D eigenvalue weighted by atomic mass is 9.92. The Bertz CT molecular complexity index is 2400. The predicted octanol–water partition coefficient (Wildman–Crippen LogP) is 8.94. The molecule has 0 fully saturated rings. The first-order valence-electron chi connectivity index (χ1n) is 19.5. The van der Waals surface area contributed by atoms with Crippen molar-refractivity contribution in [3.63, 3.8) is 0 Å². The van der Waals surface area contributed by atoms with Crippen molar-refractivity contribution in [1.82, 2.24) is 20.5 Å². The van der Waals surface area contributed by atoms with E-state index in [-0.39, 0.29) is 26.0 Å².